The van der Waals surface area contributed by atoms with Crippen LogP contribution >= 0.6 is 0 Å². The molecule has 1 aliphatic carbocycles. The second-order valence-corrected chi connectivity index (χ2v) is 4.48. The van der Waals surface area contributed by atoms with Crippen LogP contribution in [0.15, 0.2) is 18.5 Å². The van der Waals surface area contributed by atoms with Crippen molar-refractivity contribution in [1.82, 2.24) is 10.3 Å². The Morgan fingerprint density at radius 2 is 2.33 bits per heavy atom. The fraction of sp³-hybridized carbons (Fsp3) is 0.538. The van der Waals surface area contributed by atoms with Crippen molar-refractivity contribution in [3.63, 3.8) is 0 Å². The first kappa shape index (κ1) is 12.8. The van der Waals surface area contributed by atoms with Crippen LogP contribution in [0.2, 0.25) is 0 Å². The Balaban J connectivity index is 1.85. The maximum atomic E-state index is 11.8. The molecule has 0 radical (unpaired) electrons. The lowest BCUT2D eigenvalue weighted by Gasteiger charge is -2.07. The topological polar surface area (TPSA) is 63.2 Å². The average molecular weight is 249 g/mol. The van der Waals surface area contributed by atoms with Gasteiger partial charge in [-0.1, -0.05) is 0 Å². The quantitative estimate of drug-likeness (QED) is 0.717. The summed E-state index contributed by atoms with van der Waals surface area (Å²) in [6.07, 6.45) is 6.43. The molecule has 1 fully saturated rings. The summed E-state index contributed by atoms with van der Waals surface area (Å²) in [6.45, 7) is 1.53. The highest BCUT2D eigenvalue weighted by atomic mass is 16.5. The van der Waals surface area contributed by atoms with E-state index in [1.54, 1.807) is 19.5 Å². The molecular formula is C13H19N3O2. The highest BCUT2D eigenvalue weighted by molar-refractivity contribution is 5.95. The van der Waals surface area contributed by atoms with E-state index in [1.165, 1.54) is 0 Å². The molecule has 0 atom stereocenters. The summed E-state index contributed by atoms with van der Waals surface area (Å²) in [6, 6.07) is 2.20. The average Bonchev–Trinajstić information content (AvgIpc) is 3.19. The normalized spacial score (nSPS) is 14.3. The fourth-order valence-electron chi connectivity index (χ4n) is 1.61. The summed E-state index contributed by atoms with van der Waals surface area (Å²) < 4.78 is 4.97. The van der Waals surface area contributed by atoms with Crippen molar-refractivity contribution < 1.29 is 9.53 Å². The van der Waals surface area contributed by atoms with E-state index in [2.05, 4.69) is 15.6 Å². The van der Waals surface area contributed by atoms with Crippen molar-refractivity contribution in [2.75, 3.05) is 25.6 Å². The van der Waals surface area contributed by atoms with Gasteiger partial charge in [0.25, 0.3) is 5.91 Å². The molecule has 1 saturated carbocycles. The van der Waals surface area contributed by atoms with Gasteiger partial charge >= 0.3 is 0 Å². The third-order valence-electron chi connectivity index (χ3n) is 2.77. The van der Waals surface area contributed by atoms with Gasteiger partial charge in [0.15, 0.2) is 0 Å². The monoisotopic (exact) mass is 249 g/mol. The standard InChI is InChI=1S/C13H19N3O2/c1-18-6-2-5-15-12-7-10(8-14-9-12)13(17)16-11-3-4-11/h7-9,11,15H,2-6H2,1H3,(H,16,17). The van der Waals surface area contributed by atoms with Gasteiger partial charge in [-0.05, 0) is 25.3 Å². The summed E-state index contributed by atoms with van der Waals surface area (Å²) in [5.41, 5.74) is 1.48. The van der Waals surface area contributed by atoms with Crippen LogP contribution in [0, 0.1) is 0 Å². The minimum atomic E-state index is -0.0365. The van der Waals surface area contributed by atoms with Gasteiger partial charge < -0.3 is 15.4 Å². The molecule has 2 N–H and O–H groups in total. The number of hydrogen-bond acceptors (Lipinski definition) is 4. The molecule has 0 saturated heterocycles. The molecule has 1 amide bonds. The van der Waals surface area contributed by atoms with Gasteiger partial charge in [0.05, 0.1) is 11.3 Å². The number of pyridine rings is 1. The Kier molecular flexibility index (Phi) is 4.52. The van der Waals surface area contributed by atoms with Gasteiger partial charge in [0.1, 0.15) is 0 Å². The maximum absolute atomic E-state index is 11.8. The molecule has 98 valence electrons. The van der Waals surface area contributed by atoms with Crippen LogP contribution in [0.4, 0.5) is 5.69 Å². The van der Waals surface area contributed by atoms with Gasteiger partial charge in [-0.25, -0.2) is 0 Å². The molecule has 1 aromatic rings. The zero-order chi connectivity index (χ0) is 12.8. The van der Waals surface area contributed by atoms with Crippen LogP contribution in [0.25, 0.3) is 0 Å². The Morgan fingerprint density at radius 3 is 3.06 bits per heavy atom. The van der Waals surface area contributed by atoms with Gasteiger partial charge in [-0.3, -0.25) is 9.78 Å². The Labute approximate surface area is 107 Å². The SMILES string of the molecule is COCCCNc1cncc(C(=O)NC2CC2)c1. The minimum absolute atomic E-state index is 0.0365. The predicted octanol–water partition coefficient (Wildman–Crippen LogP) is 1.42. The van der Waals surface area contributed by atoms with Crippen LogP contribution < -0.4 is 10.6 Å². The molecule has 5 heteroatoms. The van der Waals surface area contributed by atoms with E-state index in [9.17, 15) is 4.79 Å². The number of amides is 1. The van der Waals surface area contributed by atoms with Crippen LogP contribution in [-0.2, 0) is 4.74 Å². The van der Waals surface area contributed by atoms with E-state index in [-0.39, 0.29) is 5.91 Å². The molecule has 2 rings (SSSR count). The molecule has 1 aliphatic rings. The number of aromatic nitrogens is 1. The highest BCUT2D eigenvalue weighted by Crippen LogP contribution is 2.19. The summed E-state index contributed by atoms with van der Waals surface area (Å²) in [7, 11) is 1.68. The molecule has 5 nitrogen and oxygen atoms in total. The van der Waals surface area contributed by atoms with Crippen molar-refractivity contribution in [3.05, 3.63) is 24.0 Å². The Morgan fingerprint density at radius 1 is 1.50 bits per heavy atom. The smallest absolute Gasteiger partial charge is 0.253 e. The first-order valence-electron chi connectivity index (χ1n) is 6.28. The molecule has 0 spiro atoms. The van der Waals surface area contributed by atoms with Gasteiger partial charge in [0, 0.05) is 38.7 Å². The van der Waals surface area contributed by atoms with Gasteiger partial charge in [-0.2, -0.15) is 0 Å². The predicted molar refractivity (Wildman–Crippen MR) is 69.7 cm³/mol. The van der Waals surface area contributed by atoms with Crippen LogP contribution in [0.3, 0.4) is 0 Å². The Bertz CT molecular complexity index is 405. The number of carbonyl (C=O) groups excluding carboxylic acids is 1. The number of hydrogen-bond donors (Lipinski definition) is 2. The highest BCUT2D eigenvalue weighted by Gasteiger charge is 2.23. The lowest BCUT2D eigenvalue weighted by atomic mass is 10.2. The Hall–Kier alpha value is -1.62. The van der Waals surface area contributed by atoms with E-state index in [4.69, 9.17) is 4.74 Å². The lowest BCUT2D eigenvalue weighted by molar-refractivity contribution is 0.0950. The van der Waals surface area contributed by atoms with E-state index < -0.39 is 0 Å². The third-order valence-corrected chi connectivity index (χ3v) is 2.77. The molecule has 0 bridgehead atoms. The molecule has 0 aromatic carbocycles. The number of ether oxygens (including phenoxy) is 1. The van der Waals surface area contributed by atoms with Crippen molar-refractivity contribution in [3.8, 4) is 0 Å². The number of anilines is 1. The molecule has 1 aromatic heterocycles. The fourth-order valence-corrected chi connectivity index (χ4v) is 1.61. The van der Waals surface area contributed by atoms with Crippen LogP contribution in [0.1, 0.15) is 29.6 Å². The number of rotatable bonds is 7. The summed E-state index contributed by atoms with van der Waals surface area (Å²) in [5.74, 6) is -0.0365. The van der Waals surface area contributed by atoms with Crippen LogP contribution in [-0.4, -0.2) is 37.2 Å². The summed E-state index contributed by atoms with van der Waals surface area (Å²) in [4.78, 5) is 15.9. The molecule has 0 aliphatic heterocycles. The van der Waals surface area contributed by atoms with Crippen molar-refractivity contribution in [2.45, 2.75) is 25.3 Å². The van der Waals surface area contributed by atoms with Crippen LogP contribution in [0.5, 0.6) is 0 Å². The van der Waals surface area contributed by atoms with E-state index >= 15 is 0 Å². The zero-order valence-corrected chi connectivity index (χ0v) is 10.6. The summed E-state index contributed by atoms with van der Waals surface area (Å²) in [5, 5.41) is 6.17. The zero-order valence-electron chi connectivity index (χ0n) is 10.6. The second-order valence-electron chi connectivity index (χ2n) is 4.48. The number of carbonyl (C=O) groups is 1. The first-order valence-corrected chi connectivity index (χ1v) is 6.28. The van der Waals surface area contributed by atoms with E-state index in [1.807, 2.05) is 6.07 Å². The minimum Gasteiger partial charge on any atom is -0.385 e. The first-order chi connectivity index (χ1) is 8.79. The van der Waals surface area contributed by atoms with Crippen molar-refractivity contribution in [2.24, 2.45) is 0 Å². The number of methoxy groups -OCH3 is 1. The van der Waals surface area contributed by atoms with E-state index in [0.717, 1.165) is 38.1 Å². The van der Waals surface area contributed by atoms with Gasteiger partial charge in [0.2, 0.25) is 0 Å². The second kappa shape index (κ2) is 6.35. The van der Waals surface area contributed by atoms with Crippen molar-refractivity contribution >= 4 is 11.6 Å². The van der Waals surface area contributed by atoms with Crippen molar-refractivity contribution in [1.29, 1.82) is 0 Å². The molecule has 1 heterocycles. The summed E-state index contributed by atoms with van der Waals surface area (Å²) >= 11 is 0. The van der Waals surface area contributed by atoms with Gasteiger partial charge in [-0.15, -0.1) is 0 Å². The molecular weight excluding hydrogens is 230 g/mol. The number of nitrogens with one attached hydrogen (secondary N) is 2. The largest absolute Gasteiger partial charge is 0.385 e. The molecule has 18 heavy (non-hydrogen) atoms. The van der Waals surface area contributed by atoms with E-state index in [0.29, 0.717) is 11.6 Å². The maximum Gasteiger partial charge on any atom is 0.253 e. The molecule has 0 unspecified atom stereocenters. The third kappa shape index (κ3) is 4.00. The lowest BCUT2D eigenvalue weighted by Crippen LogP contribution is -2.25. The number of nitrogens with zero attached hydrogens (tertiary/aromatic N) is 1.